The SMILES string of the molecule is CCCOc1cc(NC(C)C(=O)NCC)c(N)cc1F. The molecule has 0 aromatic heterocycles. The Kier molecular flexibility index (Phi) is 6.09. The molecule has 1 aromatic rings. The molecule has 5 nitrogen and oxygen atoms in total. The first-order valence-corrected chi connectivity index (χ1v) is 6.75. The van der Waals surface area contributed by atoms with Crippen LogP contribution in [0.4, 0.5) is 15.8 Å². The second-order valence-corrected chi connectivity index (χ2v) is 4.48. The molecule has 1 rings (SSSR count). The van der Waals surface area contributed by atoms with E-state index in [4.69, 9.17) is 10.5 Å². The van der Waals surface area contributed by atoms with Crippen molar-refractivity contribution >= 4 is 17.3 Å². The zero-order valence-corrected chi connectivity index (χ0v) is 12.1. The average Bonchev–Trinajstić information content (AvgIpc) is 2.40. The van der Waals surface area contributed by atoms with Gasteiger partial charge in [-0.3, -0.25) is 4.79 Å². The highest BCUT2D eigenvalue weighted by atomic mass is 19.1. The van der Waals surface area contributed by atoms with Crippen LogP contribution in [0.3, 0.4) is 0 Å². The van der Waals surface area contributed by atoms with Crippen LogP contribution in [0.5, 0.6) is 5.75 Å². The molecule has 0 fully saturated rings. The molecule has 0 heterocycles. The summed E-state index contributed by atoms with van der Waals surface area (Å²) < 4.78 is 19.0. The number of carbonyl (C=O) groups is 1. The number of ether oxygens (including phenoxy) is 1. The third kappa shape index (κ3) is 4.29. The summed E-state index contributed by atoms with van der Waals surface area (Å²) in [7, 11) is 0. The lowest BCUT2D eigenvalue weighted by Gasteiger charge is -2.17. The van der Waals surface area contributed by atoms with Gasteiger partial charge in [0.15, 0.2) is 11.6 Å². The molecule has 1 unspecified atom stereocenters. The van der Waals surface area contributed by atoms with E-state index in [0.29, 0.717) is 18.8 Å². The van der Waals surface area contributed by atoms with Crippen LogP contribution in [0, 0.1) is 5.82 Å². The minimum atomic E-state index is -0.507. The highest BCUT2D eigenvalue weighted by Crippen LogP contribution is 2.28. The summed E-state index contributed by atoms with van der Waals surface area (Å²) in [4.78, 5) is 11.7. The van der Waals surface area contributed by atoms with Gasteiger partial charge in [-0.25, -0.2) is 4.39 Å². The van der Waals surface area contributed by atoms with Gasteiger partial charge >= 0.3 is 0 Å². The van der Waals surface area contributed by atoms with Crippen molar-refractivity contribution in [2.45, 2.75) is 33.2 Å². The van der Waals surface area contributed by atoms with Crippen LogP contribution in [0.2, 0.25) is 0 Å². The molecule has 112 valence electrons. The van der Waals surface area contributed by atoms with Crippen molar-refractivity contribution in [2.24, 2.45) is 0 Å². The summed E-state index contributed by atoms with van der Waals surface area (Å²) in [6.07, 6.45) is 0.780. The maximum absolute atomic E-state index is 13.7. The van der Waals surface area contributed by atoms with Crippen molar-refractivity contribution < 1.29 is 13.9 Å². The molecule has 1 amide bonds. The Bertz CT molecular complexity index is 466. The van der Waals surface area contributed by atoms with Crippen molar-refractivity contribution in [2.75, 3.05) is 24.2 Å². The number of rotatable bonds is 7. The number of likely N-dealkylation sites (N-methyl/N-ethyl adjacent to an activating group) is 1. The summed E-state index contributed by atoms with van der Waals surface area (Å²) in [5.41, 5.74) is 6.47. The monoisotopic (exact) mass is 283 g/mol. The van der Waals surface area contributed by atoms with E-state index in [1.165, 1.54) is 12.1 Å². The Morgan fingerprint density at radius 3 is 2.75 bits per heavy atom. The highest BCUT2D eigenvalue weighted by Gasteiger charge is 2.15. The quantitative estimate of drug-likeness (QED) is 0.670. The number of halogens is 1. The molecule has 1 aromatic carbocycles. The molecule has 0 aliphatic rings. The van der Waals surface area contributed by atoms with Crippen LogP contribution in [0.25, 0.3) is 0 Å². The predicted molar refractivity (Wildman–Crippen MR) is 78.4 cm³/mol. The number of nitrogens with two attached hydrogens (primary N) is 1. The topological polar surface area (TPSA) is 76.4 Å². The van der Waals surface area contributed by atoms with Crippen molar-refractivity contribution in [3.63, 3.8) is 0 Å². The van der Waals surface area contributed by atoms with Crippen molar-refractivity contribution in [1.29, 1.82) is 0 Å². The van der Waals surface area contributed by atoms with Crippen molar-refractivity contribution in [3.05, 3.63) is 17.9 Å². The molecule has 0 saturated carbocycles. The summed E-state index contributed by atoms with van der Waals surface area (Å²) in [6, 6.07) is 2.20. The first-order chi connectivity index (χ1) is 9.49. The maximum Gasteiger partial charge on any atom is 0.242 e. The van der Waals surface area contributed by atoms with Crippen LogP contribution >= 0.6 is 0 Å². The Labute approximate surface area is 118 Å². The third-order valence-corrected chi connectivity index (χ3v) is 2.68. The van der Waals surface area contributed by atoms with Gasteiger partial charge < -0.3 is 21.1 Å². The van der Waals surface area contributed by atoms with Gasteiger partial charge in [0.05, 0.1) is 18.0 Å². The number of carbonyl (C=O) groups excluding carboxylic acids is 1. The first kappa shape index (κ1) is 16.1. The summed E-state index contributed by atoms with van der Waals surface area (Å²) >= 11 is 0. The molecule has 4 N–H and O–H groups in total. The predicted octanol–water partition coefficient (Wildman–Crippen LogP) is 2.13. The summed E-state index contributed by atoms with van der Waals surface area (Å²) in [6.45, 7) is 6.46. The Balaban J connectivity index is 2.86. The van der Waals surface area contributed by atoms with E-state index < -0.39 is 11.9 Å². The highest BCUT2D eigenvalue weighted by molar-refractivity contribution is 5.85. The second-order valence-electron chi connectivity index (χ2n) is 4.48. The van der Waals surface area contributed by atoms with Crippen molar-refractivity contribution in [3.8, 4) is 5.75 Å². The van der Waals surface area contributed by atoms with E-state index in [2.05, 4.69) is 10.6 Å². The minimum Gasteiger partial charge on any atom is -0.490 e. The molecule has 0 aliphatic carbocycles. The zero-order valence-electron chi connectivity index (χ0n) is 12.1. The van der Waals surface area contributed by atoms with Gasteiger partial charge in [0.2, 0.25) is 5.91 Å². The van der Waals surface area contributed by atoms with Gasteiger partial charge in [0, 0.05) is 18.7 Å². The van der Waals surface area contributed by atoms with Crippen LogP contribution in [-0.4, -0.2) is 25.1 Å². The van der Waals surface area contributed by atoms with Crippen LogP contribution in [0.15, 0.2) is 12.1 Å². The fourth-order valence-electron chi connectivity index (χ4n) is 1.64. The van der Waals surface area contributed by atoms with Gasteiger partial charge in [-0.05, 0) is 20.3 Å². The van der Waals surface area contributed by atoms with E-state index >= 15 is 0 Å². The van der Waals surface area contributed by atoms with E-state index in [1.807, 2.05) is 13.8 Å². The van der Waals surface area contributed by atoms with E-state index in [1.54, 1.807) is 6.92 Å². The number of hydrogen-bond donors (Lipinski definition) is 3. The molecule has 6 heteroatoms. The Morgan fingerprint density at radius 2 is 2.15 bits per heavy atom. The molecule has 1 atom stereocenters. The normalized spacial score (nSPS) is 11.8. The number of nitrogens with one attached hydrogen (secondary N) is 2. The first-order valence-electron chi connectivity index (χ1n) is 6.75. The standard InChI is InChI=1S/C14H22FN3O2/c1-4-6-20-13-8-12(11(16)7-10(13)15)18-9(3)14(19)17-5-2/h7-9,18H,4-6,16H2,1-3H3,(H,17,19). The van der Waals surface area contributed by atoms with E-state index in [0.717, 1.165) is 6.42 Å². The molecule has 0 radical (unpaired) electrons. The zero-order chi connectivity index (χ0) is 15.1. The largest absolute Gasteiger partial charge is 0.490 e. The van der Waals surface area contributed by atoms with E-state index in [-0.39, 0.29) is 17.3 Å². The second kappa shape index (κ2) is 7.57. The molecular formula is C14H22FN3O2. The van der Waals surface area contributed by atoms with Gasteiger partial charge in [0.1, 0.15) is 6.04 Å². The Morgan fingerprint density at radius 1 is 1.45 bits per heavy atom. The third-order valence-electron chi connectivity index (χ3n) is 2.68. The van der Waals surface area contributed by atoms with Crippen LogP contribution < -0.4 is 21.1 Å². The van der Waals surface area contributed by atoms with E-state index in [9.17, 15) is 9.18 Å². The number of amides is 1. The molecule has 0 aliphatic heterocycles. The number of hydrogen-bond acceptors (Lipinski definition) is 4. The molecule has 0 spiro atoms. The van der Waals surface area contributed by atoms with Crippen LogP contribution in [-0.2, 0) is 4.79 Å². The van der Waals surface area contributed by atoms with Gasteiger partial charge in [-0.2, -0.15) is 0 Å². The molecule has 20 heavy (non-hydrogen) atoms. The average molecular weight is 283 g/mol. The number of anilines is 2. The summed E-state index contributed by atoms with van der Waals surface area (Å²) in [5.74, 6) is -0.522. The lowest BCUT2D eigenvalue weighted by Crippen LogP contribution is -2.37. The lowest BCUT2D eigenvalue weighted by atomic mass is 10.2. The fraction of sp³-hybridized carbons (Fsp3) is 0.500. The molecular weight excluding hydrogens is 261 g/mol. The lowest BCUT2D eigenvalue weighted by molar-refractivity contribution is -0.121. The van der Waals surface area contributed by atoms with Gasteiger partial charge in [-0.15, -0.1) is 0 Å². The summed E-state index contributed by atoms with van der Waals surface area (Å²) in [5, 5.41) is 5.65. The number of benzene rings is 1. The number of nitrogen functional groups attached to an aromatic ring is 1. The smallest absolute Gasteiger partial charge is 0.242 e. The minimum absolute atomic E-state index is 0.131. The molecule has 0 saturated heterocycles. The van der Waals surface area contributed by atoms with Crippen LogP contribution in [0.1, 0.15) is 27.2 Å². The fourth-order valence-corrected chi connectivity index (χ4v) is 1.64. The Hall–Kier alpha value is -1.98. The maximum atomic E-state index is 13.7. The van der Waals surface area contributed by atoms with Gasteiger partial charge in [-0.1, -0.05) is 6.92 Å². The van der Waals surface area contributed by atoms with Crippen molar-refractivity contribution in [1.82, 2.24) is 5.32 Å². The molecule has 0 bridgehead atoms. The van der Waals surface area contributed by atoms with Gasteiger partial charge in [0.25, 0.3) is 0 Å².